The summed E-state index contributed by atoms with van der Waals surface area (Å²) in [6, 6.07) is 0. The van der Waals surface area contributed by atoms with E-state index in [2.05, 4.69) is 17.6 Å². The van der Waals surface area contributed by atoms with Gasteiger partial charge in [-0.15, -0.1) is 0 Å². The Kier molecular flexibility index (Phi) is 1.23. The Bertz CT molecular complexity index is 229. The molecule has 0 amide bonds. The van der Waals surface area contributed by atoms with Crippen LogP contribution in [0.4, 0.5) is 0 Å². The smallest absolute Gasteiger partial charge is 0.0760 e. The SMILES string of the molecule is NC1=C=CC#CC=C1. The molecule has 0 aromatic rings. The number of hydrogen-bond donors (Lipinski definition) is 1. The molecule has 1 heteroatoms. The van der Waals surface area contributed by atoms with Gasteiger partial charge >= 0.3 is 0 Å². The summed E-state index contributed by atoms with van der Waals surface area (Å²) >= 11 is 0. The van der Waals surface area contributed by atoms with Crippen LogP contribution in [0, 0.1) is 11.8 Å². The average molecular weight is 103 g/mol. The highest BCUT2D eigenvalue weighted by atomic mass is 14.5. The van der Waals surface area contributed by atoms with Crippen molar-refractivity contribution in [2.45, 2.75) is 0 Å². The third kappa shape index (κ3) is 1.04. The maximum absolute atomic E-state index is 5.34. The van der Waals surface area contributed by atoms with Crippen LogP contribution in [-0.2, 0) is 0 Å². The van der Waals surface area contributed by atoms with E-state index in [9.17, 15) is 0 Å². The van der Waals surface area contributed by atoms with Crippen molar-refractivity contribution in [1.82, 2.24) is 0 Å². The molecule has 0 aliphatic heterocycles. The monoisotopic (exact) mass is 103 g/mol. The molecule has 38 valence electrons. The molecule has 0 atom stereocenters. The van der Waals surface area contributed by atoms with Gasteiger partial charge in [-0.1, -0.05) is 17.6 Å². The zero-order chi connectivity index (χ0) is 5.82. The molecule has 0 saturated heterocycles. The molecule has 2 N–H and O–H groups in total. The van der Waals surface area contributed by atoms with Gasteiger partial charge in [0.25, 0.3) is 0 Å². The van der Waals surface area contributed by atoms with Crippen molar-refractivity contribution >= 4 is 0 Å². The minimum absolute atomic E-state index is 0.613. The summed E-state index contributed by atoms with van der Waals surface area (Å²) < 4.78 is 0. The molecule has 0 heterocycles. The van der Waals surface area contributed by atoms with Crippen molar-refractivity contribution in [3.8, 4) is 11.8 Å². The van der Waals surface area contributed by atoms with Crippen LogP contribution in [0.5, 0.6) is 0 Å². The van der Waals surface area contributed by atoms with Crippen molar-refractivity contribution in [3.05, 3.63) is 29.7 Å². The van der Waals surface area contributed by atoms with Crippen molar-refractivity contribution < 1.29 is 0 Å². The van der Waals surface area contributed by atoms with E-state index in [4.69, 9.17) is 5.73 Å². The molecule has 8 heavy (non-hydrogen) atoms. The van der Waals surface area contributed by atoms with Gasteiger partial charge in [0.15, 0.2) is 0 Å². The van der Waals surface area contributed by atoms with E-state index in [1.165, 1.54) is 0 Å². The Morgan fingerprint density at radius 3 is 3.12 bits per heavy atom. The van der Waals surface area contributed by atoms with Crippen LogP contribution < -0.4 is 5.73 Å². The van der Waals surface area contributed by atoms with E-state index in [0.29, 0.717) is 5.70 Å². The highest BCUT2D eigenvalue weighted by Crippen LogP contribution is 1.84. The quantitative estimate of drug-likeness (QED) is 0.352. The lowest BCUT2D eigenvalue weighted by atomic mass is 10.4. The predicted molar refractivity (Wildman–Crippen MR) is 32.7 cm³/mol. The van der Waals surface area contributed by atoms with E-state index < -0.39 is 0 Å². The fourth-order valence-corrected chi connectivity index (χ4v) is 0.389. The number of allylic oxidation sites excluding steroid dienone is 2. The van der Waals surface area contributed by atoms with Gasteiger partial charge in [-0.3, -0.25) is 0 Å². The van der Waals surface area contributed by atoms with Crippen LogP contribution in [0.15, 0.2) is 29.7 Å². The van der Waals surface area contributed by atoms with Crippen LogP contribution in [0.2, 0.25) is 0 Å². The van der Waals surface area contributed by atoms with Gasteiger partial charge in [0.1, 0.15) is 0 Å². The summed E-state index contributed by atoms with van der Waals surface area (Å²) in [5.41, 5.74) is 8.71. The summed E-state index contributed by atoms with van der Waals surface area (Å²) in [6.07, 6.45) is 5.03. The number of rotatable bonds is 0. The average Bonchev–Trinajstić information content (AvgIpc) is 1.94. The summed E-state index contributed by atoms with van der Waals surface area (Å²) in [7, 11) is 0. The van der Waals surface area contributed by atoms with Gasteiger partial charge in [0, 0.05) is 6.08 Å². The van der Waals surface area contributed by atoms with E-state index in [0.717, 1.165) is 0 Å². The van der Waals surface area contributed by atoms with E-state index >= 15 is 0 Å². The van der Waals surface area contributed by atoms with Crippen LogP contribution in [0.3, 0.4) is 0 Å². The third-order valence-corrected chi connectivity index (χ3v) is 0.741. The second kappa shape index (κ2) is 2.07. The molecular formula is C7H5N. The standard InChI is InChI=1S/C7H5N/c8-7-5-3-1-2-4-6-7/h3-5H,8H2. The maximum atomic E-state index is 5.34. The van der Waals surface area contributed by atoms with Crippen LogP contribution in [0.25, 0.3) is 0 Å². The zero-order valence-electron chi connectivity index (χ0n) is 4.31. The lowest BCUT2D eigenvalue weighted by Gasteiger charge is -1.77. The fourth-order valence-electron chi connectivity index (χ4n) is 0.389. The Labute approximate surface area is 48.2 Å². The van der Waals surface area contributed by atoms with Crippen molar-refractivity contribution in [3.63, 3.8) is 0 Å². The van der Waals surface area contributed by atoms with Gasteiger partial charge in [0.05, 0.1) is 5.70 Å². The first-order valence-electron chi connectivity index (χ1n) is 2.28. The summed E-state index contributed by atoms with van der Waals surface area (Å²) in [5.74, 6) is 5.43. The Morgan fingerprint density at radius 1 is 1.38 bits per heavy atom. The molecule has 1 nitrogen and oxygen atoms in total. The van der Waals surface area contributed by atoms with Gasteiger partial charge in [-0.2, -0.15) is 0 Å². The van der Waals surface area contributed by atoms with E-state index in [1.54, 1.807) is 18.2 Å². The fraction of sp³-hybridized carbons (Fsp3) is 0. The van der Waals surface area contributed by atoms with Gasteiger partial charge < -0.3 is 5.73 Å². The van der Waals surface area contributed by atoms with Gasteiger partial charge in [0.2, 0.25) is 0 Å². The largest absolute Gasteiger partial charge is 0.392 e. The molecule has 1 aliphatic carbocycles. The van der Waals surface area contributed by atoms with Crippen LogP contribution in [0.1, 0.15) is 0 Å². The van der Waals surface area contributed by atoms with Crippen molar-refractivity contribution in [2.24, 2.45) is 5.73 Å². The lowest BCUT2D eigenvalue weighted by molar-refractivity contribution is 1.45. The molecule has 0 unspecified atom stereocenters. The topological polar surface area (TPSA) is 26.0 Å². The van der Waals surface area contributed by atoms with Crippen LogP contribution in [-0.4, -0.2) is 0 Å². The molecule has 1 aliphatic rings. The van der Waals surface area contributed by atoms with Crippen LogP contribution >= 0.6 is 0 Å². The zero-order valence-corrected chi connectivity index (χ0v) is 4.31. The molecule has 0 bridgehead atoms. The highest BCUT2D eigenvalue weighted by Gasteiger charge is 1.75. The molecule has 0 aromatic carbocycles. The molecule has 0 spiro atoms. The predicted octanol–water partition coefficient (Wildman–Crippen LogP) is 0.557. The van der Waals surface area contributed by atoms with E-state index in [1.807, 2.05) is 0 Å². The molecular weight excluding hydrogens is 98.1 g/mol. The van der Waals surface area contributed by atoms with Crippen molar-refractivity contribution in [2.75, 3.05) is 0 Å². The molecule has 1 rings (SSSR count). The molecule has 0 radical (unpaired) electrons. The van der Waals surface area contributed by atoms with E-state index in [-0.39, 0.29) is 0 Å². The summed E-state index contributed by atoms with van der Waals surface area (Å²) in [6.45, 7) is 0. The minimum atomic E-state index is 0.613. The third-order valence-electron chi connectivity index (χ3n) is 0.741. The minimum Gasteiger partial charge on any atom is -0.392 e. The molecule has 0 saturated carbocycles. The first-order valence-corrected chi connectivity index (χ1v) is 2.28. The van der Waals surface area contributed by atoms with Crippen molar-refractivity contribution in [1.29, 1.82) is 0 Å². The second-order valence-corrected chi connectivity index (χ2v) is 1.37. The first kappa shape index (κ1) is 4.77. The Balaban J connectivity index is 3.04. The molecule has 0 aromatic heterocycles. The first-order chi connectivity index (χ1) is 3.89. The summed E-state index contributed by atoms with van der Waals surface area (Å²) in [4.78, 5) is 0. The number of hydrogen-bond acceptors (Lipinski definition) is 1. The number of nitrogens with two attached hydrogens (primary N) is 1. The second-order valence-electron chi connectivity index (χ2n) is 1.37. The molecule has 0 fully saturated rings. The van der Waals surface area contributed by atoms with Gasteiger partial charge in [-0.25, -0.2) is 0 Å². The van der Waals surface area contributed by atoms with Gasteiger partial charge in [-0.05, 0) is 12.2 Å². The normalized spacial score (nSPS) is 13.8. The lowest BCUT2D eigenvalue weighted by Crippen LogP contribution is -1.88. The Hall–Kier alpha value is -1.38. The summed E-state index contributed by atoms with van der Waals surface area (Å²) in [5, 5.41) is 0. The Morgan fingerprint density at radius 2 is 2.25 bits per heavy atom. The highest BCUT2D eigenvalue weighted by molar-refractivity contribution is 5.32. The maximum Gasteiger partial charge on any atom is 0.0760 e.